The molecule has 3 unspecified atom stereocenters. The van der Waals surface area contributed by atoms with Crippen molar-refractivity contribution >= 4 is 11.6 Å². The summed E-state index contributed by atoms with van der Waals surface area (Å²) in [5.74, 6) is 1.11. The Morgan fingerprint density at radius 3 is 2.93 bits per heavy atom. The first-order chi connectivity index (χ1) is 13.1. The average Bonchev–Trinajstić information content (AvgIpc) is 3.18. The highest BCUT2D eigenvalue weighted by atomic mass is 16.5. The van der Waals surface area contributed by atoms with Crippen LogP contribution >= 0.6 is 0 Å². The Bertz CT molecular complexity index is 906. The summed E-state index contributed by atoms with van der Waals surface area (Å²) in [6.45, 7) is 2.52. The molecule has 2 aromatic rings. The van der Waals surface area contributed by atoms with Crippen LogP contribution in [0, 0.1) is 5.92 Å². The fourth-order valence-corrected chi connectivity index (χ4v) is 4.26. The maximum Gasteiger partial charge on any atom is 0.251 e. The molecule has 0 spiro atoms. The molecule has 5 heteroatoms. The summed E-state index contributed by atoms with van der Waals surface area (Å²) in [4.78, 5) is 12.2. The number of methoxy groups -OCH3 is 1. The molecule has 27 heavy (non-hydrogen) atoms. The van der Waals surface area contributed by atoms with E-state index in [0.29, 0.717) is 17.9 Å². The highest BCUT2D eigenvalue weighted by Crippen LogP contribution is 2.52. The second-order valence-electron chi connectivity index (χ2n) is 7.04. The van der Waals surface area contributed by atoms with Crippen LogP contribution in [0.2, 0.25) is 0 Å². The monoisotopic (exact) mass is 364 g/mol. The third kappa shape index (κ3) is 2.93. The molecule has 4 rings (SSSR count). The first-order valence-electron chi connectivity index (χ1n) is 9.35. The maximum atomic E-state index is 12.2. The number of hydrogen-bond acceptors (Lipinski definition) is 4. The Labute approximate surface area is 159 Å². The quantitative estimate of drug-likeness (QED) is 0.718. The number of ether oxygens (including phenoxy) is 1. The first-order valence-corrected chi connectivity index (χ1v) is 9.35. The van der Waals surface area contributed by atoms with E-state index in [-0.39, 0.29) is 29.5 Å². The van der Waals surface area contributed by atoms with E-state index in [1.807, 2.05) is 37.3 Å². The predicted octanol–water partition coefficient (Wildman–Crippen LogP) is 3.98. The van der Waals surface area contributed by atoms with Gasteiger partial charge < -0.3 is 20.5 Å². The number of rotatable bonds is 4. The third-order valence-electron chi connectivity index (χ3n) is 5.55. The van der Waals surface area contributed by atoms with Crippen molar-refractivity contribution in [1.29, 1.82) is 0 Å². The molecule has 0 fully saturated rings. The van der Waals surface area contributed by atoms with Crippen LogP contribution in [-0.4, -0.2) is 24.7 Å². The van der Waals surface area contributed by atoms with Gasteiger partial charge in [0.2, 0.25) is 0 Å². The van der Waals surface area contributed by atoms with Crippen LogP contribution in [0.3, 0.4) is 0 Å². The lowest BCUT2D eigenvalue weighted by Crippen LogP contribution is -2.30. The van der Waals surface area contributed by atoms with Gasteiger partial charge in [0.25, 0.3) is 5.91 Å². The molecular formula is C22H24N2O3. The summed E-state index contributed by atoms with van der Waals surface area (Å²) < 4.78 is 5.28. The number of carbonyl (C=O) groups excluding carboxylic acids is 1. The number of allylic oxidation sites excluding steroid dienone is 2. The Balaban J connectivity index is 1.74. The van der Waals surface area contributed by atoms with Crippen molar-refractivity contribution in [2.75, 3.05) is 19.0 Å². The number of benzene rings is 2. The molecule has 5 nitrogen and oxygen atoms in total. The normalized spacial score (nSPS) is 22.5. The molecule has 2 aliphatic rings. The summed E-state index contributed by atoms with van der Waals surface area (Å²) in [5, 5.41) is 17.1. The van der Waals surface area contributed by atoms with Crippen LogP contribution < -0.4 is 15.4 Å². The minimum atomic E-state index is -0.0496. The van der Waals surface area contributed by atoms with Crippen molar-refractivity contribution in [2.45, 2.75) is 25.3 Å². The smallest absolute Gasteiger partial charge is 0.251 e. The number of amides is 1. The number of hydrogen-bond donors (Lipinski definition) is 3. The molecule has 2 aromatic carbocycles. The van der Waals surface area contributed by atoms with Crippen LogP contribution in [0.4, 0.5) is 5.69 Å². The van der Waals surface area contributed by atoms with Crippen molar-refractivity contribution in [3.05, 3.63) is 65.2 Å². The van der Waals surface area contributed by atoms with Gasteiger partial charge in [-0.15, -0.1) is 0 Å². The summed E-state index contributed by atoms with van der Waals surface area (Å²) in [6, 6.07) is 11.4. The number of nitrogens with one attached hydrogen (secondary N) is 2. The summed E-state index contributed by atoms with van der Waals surface area (Å²) in [5.41, 5.74) is 3.66. The van der Waals surface area contributed by atoms with Gasteiger partial charge >= 0.3 is 0 Å². The fourth-order valence-electron chi connectivity index (χ4n) is 4.26. The summed E-state index contributed by atoms with van der Waals surface area (Å²) in [6.07, 6.45) is 5.33. The van der Waals surface area contributed by atoms with Crippen molar-refractivity contribution in [3.63, 3.8) is 0 Å². The number of para-hydroxylation sites is 1. The minimum absolute atomic E-state index is 0.0251. The van der Waals surface area contributed by atoms with E-state index in [1.165, 1.54) is 0 Å². The lowest BCUT2D eigenvalue weighted by molar-refractivity contribution is 0.0955. The molecule has 0 bridgehead atoms. The van der Waals surface area contributed by atoms with E-state index < -0.39 is 0 Å². The molecule has 1 amide bonds. The van der Waals surface area contributed by atoms with E-state index in [4.69, 9.17) is 4.74 Å². The fraction of sp³-hybridized carbons (Fsp3) is 0.318. The molecule has 3 N–H and O–H groups in total. The van der Waals surface area contributed by atoms with Crippen LogP contribution in [0.15, 0.2) is 48.6 Å². The number of carbonyl (C=O) groups is 1. The van der Waals surface area contributed by atoms with Crippen LogP contribution in [0.5, 0.6) is 11.5 Å². The Kier molecular flexibility index (Phi) is 4.52. The molecule has 3 atom stereocenters. The average molecular weight is 364 g/mol. The molecule has 0 aromatic heterocycles. The van der Waals surface area contributed by atoms with E-state index in [9.17, 15) is 9.90 Å². The second kappa shape index (κ2) is 6.99. The zero-order valence-electron chi connectivity index (χ0n) is 15.5. The lowest BCUT2D eigenvalue weighted by atomic mass is 9.76. The van der Waals surface area contributed by atoms with Gasteiger partial charge in [-0.05, 0) is 49.1 Å². The van der Waals surface area contributed by atoms with Crippen LogP contribution in [0.1, 0.15) is 46.8 Å². The van der Waals surface area contributed by atoms with Gasteiger partial charge in [-0.3, -0.25) is 4.79 Å². The molecule has 0 radical (unpaired) electrons. The van der Waals surface area contributed by atoms with Gasteiger partial charge in [-0.1, -0.05) is 24.3 Å². The second-order valence-corrected chi connectivity index (χ2v) is 7.04. The van der Waals surface area contributed by atoms with E-state index in [1.54, 1.807) is 13.2 Å². The topological polar surface area (TPSA) is 70.6 Å². The zero-order valence-corrected chi connectivity index (χ0v) is 15.5. The highest BCUT2D eigenvalue weighted by molar-refractivity contribution is 5.95. The van der Waals surface area contributed by atoms with E-state index >= 15 is 0 Å². The lowest BCUT2D eigenvalue weighted by Gasteiger charge is -2.38. The number of fused-ring (bicyclic) bond motifs is 3. The summed E-state index contributed by atoms with van der Waals surface area (Å²) >= 11 is 0. The van der Waals surface area contributed by atoms with E-state index in [2.05, 4.69) is 22.8 Å². The number of aromatic hydroxyl groups is 1. The number of anilines is 1. The van der Waals surface area contributed by atoms with Crippen molar-refractivity contribution in [3.8, 4) is 11.5 Å². The molecular weight excluding hydrogens is 340 g/mol. The highest BCUT2D eigenvalue weighted by Gasteiger charge is 2.39. The SMILES string of the molecule is CCNC(=O)c1ccc2c(c1)C1C=CCC1C(c1cccc(OC)c1O)N2. The van der Waals surface area contributed by atoms with Gasteiger partial charge in [0.15, 0.2) is 11.5 Å². The molecule has 0 saturated heterocycles. The molecule has 1 heterocycles. The Morgan fingerprint density at radius 1 is 1.30 bits per heavy atom. The van der Waals surface area contributed by atoms with E-state index in [0.717, 1.165) is 23.2 Å². The molecule has 1 aliphatic carbocycles. The third-order valence-corrected chi connectivity index (χ3v) is 5.55. The molecule has 140 valence electrons. The Morgan fingerprint density at radius 2 is 2.15 bits per heavy atom. The van der Waals surface area contributed by atoms with Crippen molar-refractivity contribution in [1.82, 2.24) is 5.32 Å². The maximum absolute atomic E-state index is 12.2. The number of phenolic OH excluding ortho intramolecular Hbond substituents is 1. The number of phenols is 1. The van der Waals surface area contributed by atoms with Gasteiger partial charge in [0.05, 0.1) is 13.2 Å². The standard InChI is InChI=1S/C22H24N2O3/c1-3-23-22(26)13-10-11-18-17(12-13)14-6-4-7-15(14)20(24-18)16-8-5-9-19(27-2)21(16)25/h4-6,8-12,14-15,20,24-25H,3,7H2,1-2H3,(H,23,26). The van der Waals surface area contributed by atoms with Crippen LogP contribution in [-0.2, 0) is 0 Å². The minimum Gasteiger partial charge on any atom is -0.504 e. The van der Waals surface area contributed by atoms with Crippen molar-refractivity contribution < 1.29 is 14.6 Å². The van der Waals surface area contributed by atoms with Gasteiger partial charge in [0, 0.05) is 29.3 Å². The first kappa shape index (κ1) is 17.5. The molecule has 0 saturated carbocycles. The largest absolute Gasteiger partial charge is 0.504 e. The van der Waals surface area contributed by atoms with Gasteiger partial charge in [0.1, 0.15) is 0 Å². The predicted molar refractivity (Wildman–Crippen MR) is 105 cm³/mol. The van der Waals surface area contributed by atoms with Gasteiger partial charge in [-0.25, -0.2) is 0 Å². The zero-order chi connectivity index (χ0) is 19.0. The van der Waals surface area contributed by atoms with Crippen molar-refractivity contribution in [2.24, 2.45) is 5.92 Å². The van der Waals surface area contributed by atoms with Crippen LogP contribution in [0.25, 0.3) is 0 Å². The van der Waals surface area contributed by atoms with Gasteiger partial charge in [-0.2, -0.15) is 0 Å². The Hall–Kier alpha value is -2.95. The summed E-state index contributed by atoms with van der Waals surface area (Å²) in [7, 11) is 1.56. The molecule has 1 aliphatic heterocycles.